The van der Waals surface area contributed by atoms with E-state index in [-0.39, 0.29) is 17.3 Å². The van der Waals surface area contributed by atoms with Crippen LogP contribution in [0.3, 0.4) is 0 Å². The highest BCUT2D eigenvalue weighted by atomic mass is 16.2. The molecule has 0 unspecified atom stereocenters. The molecule has 2 N–H and O–H groups in total. The van der Waals surface area contributed by atoms with Gasteiger partial charge in [0.25, 0.3) is 5.91 Å². The number of nitriles is 1. The molecule has 9 heteroatoms. The van der Waals surface area contributed by atoms with Gasteiger partial charge in [-0.1, -0.05) is 0 Å². The fourth-order valence-electron chi connectivity index (χ4n) is 3.69. The molecule has 2 aliphatic heterocycles. The second-order valence-electron chi connectivity index (χ2n) is 6.97. The van der Waals surface area contributed by atoms with Gasteiger partial charge in [0.15, 0.2) is 0 Å². The molecule has 1 amide bonds. The maximum atomic E-state index is 12.8. The summed E-state index contributed by atoms with van der Waals surface area (Å²) in [5.74, 6) is 0.276. The van der Waals surface area contributed by atoms with Crippen LogP contribution in [-0.2, 0) is 0 Å². The average Bonchev–Trinajstić information content (AvgIpc) is 3.51. The lowest BCUT2D eigenvalue weighted by Gasteiger charge is -2.23. The quantitative estimate of drug-likeness (QED) is 0.765. The van der Waals surface area contributed by atoms with Crippen molar-refractivity contribution >= 4 is 22.9 Å². The van der Waals surface area contributed by atoms with Gasteiger partial charge in [-0.3, -0.25) is 4.79 Å². The lowest BCUT2D eigenvalue weighted by molar-refractivity contribution is 0.0793. The van der Waals surface area contributed by atoms with E-state index in [1.54, 1.807) is 6.20 Å². The van der Waals surface area contributed by atoms with E-state index in [9.17, 15) is 10.1 Å². The number of aromatic amines is 1. The van der Waals surface area contributed by atoms with Crippen LogP contribution in [0.25, 0.3) is 5.57 Å². The Bertz CT molecular complexity index is 903. The maximum Gasteiger partial charge on any atom is 0.253 e. The third-order valence-corrected chi connectivity index (χ3v) is 5.16. The topological polar surface area (TPSA) is 114 Å². The number of anilines is 2. The molecular formula is C19H22N8O. The summed E-state index contributed by atoms with van der Waals surface area (Å²) in [5, 5.41) is 26.1. The van der Waals surface area contributed by atoms with Gasteiger partial charge in [-0.15, -0.1) is 10.2 Å². The van der Waals surface area contributed by atoms with Crippen molar-refractivity contribution < 1.29 is 4.79 Å². The zero-order chi connectivity index (χ0) is 19.3. The van der Waals surface area contributed by atoms with E-state index in [4.69, 9.17) is 0 Å². The Hall–Kier alpha value is -3.41. The van der Waals surface area contributed by atoms with Crippen LogP contribution in [0.1, 0.15) is 41.9 Å². The average molecular weight is 378 g/mol. The fraction of sp³-hybridized carbons (Fsp3) is 0.421. The van der Waals surface area contributed by atoms with Gasteiger partial charge < -0.3 is 15.1 Å². The summed E-state index contributed by atoms with van der Waals surface area (Å²) in [6, 6.07) is 7.83. The first-order valence-electron chi connectivity index (χ1n) is 9.55. The predicted octanol–water partition coefficient (Wildman–Crippen LogP) is 2.01. The number of hydrogen-bond acceptors (Lipinski definition) is 7. The van der Waals surface area contributed by atoms with E-state index in [1.165, 1.54) is 0 Å². The normalized spacial score (nSPS) is 17.0. The summed E-state index contributed by atoms with van der Waals surface area (Å²) in [6.45, 7) is 3.58. The number of benzene rings is 1. The number of likely N-dealkylation sites (tertiary alicyclic amines) is 1. The number of H-pyrrole nitrogens is 1. The molecule has 2 aliphatic rings. The predicted molar refractivity (Wildman–Crippen MR) is 104 cm³/mol. The first kappa shape index (κ1) is 18.0. The van der Waals surface area contributed by atoms with E-state index in [0.29, 0.717) is 5.56 Å². The molecule has 2 aromatic rings. The molecule has 1 aromatic heterocycles. The molecule has 9 nitrogen and oxygen atoms in total. The zero-order valence-corrected chi connectivity index (χ0v) is 15.6. The number of rotatable bonds is 5. The molecule has 0 saturated carbocycles. The number of allylic oxidation sites excluding steroid dienone is 1. The summed E-state index contributed by atoms with van der Waals surface area (Å²) in [5.41, 5.74) is 2.73. The van der Waals surface area contributed by atoms with Crippen molar-refractivity contribution in [3.63, 3.8) is 0 Å². The van der Waals surface area contributed by atoms with Crippen molar-refractivity contribution in [1.29, 1.82) is 5.26 Å². The summed E-state index contributed by atoms with van der Waals surface area (Å²) in [6.07, 6.45) is 5.97. The highest BCUT2D eigenvalue weighted by Gasteiger charge is 2.22. The molecule has 144 valence electrons. The maximum absolute atomic E-state index is 12.8. The van der Waals surface area contributed by atoms with Crippen LogP contribution in [0, 0.1) is 11.3 Å². The molecule has 2 fully saturated rings. The number of carbonyl (C=O) groups is 1. The van der Waals surface area contributed by atoms with E-state index >= 15 is 0 Å². The van der Waals surface area contributed by atoms with Crippen molar-refractivity contribution in [2.75, 3.05) is 36.4 Å². The van der Waals surface area contributed by atoms with Crippen LogP contribution in [-0.4, -0.2) is 57.6 Å². The standard InChI is InChI=1S/C19H22N8O/c20-12-15(18-22-24-25-23-18)13-21-16-11-14(19(28)27-9-3-4-10-27)5-6-17(16)26-7-1-2-8-26/h5-6,11,13,21H,1-4,7-10H2,(H,22,23,24,25). The van der Waals surface area contributed by atoms with E-state index < -0.39 is 0 Å². The summed E-state index contributed by atoms with van der Waals surface area (Å²) in [7, 11) is 0. The molecular weight excluding hydrogens is 356 g/mol. The first-order valence-corrected chi connectivity index (χ1v) is 9.55. The van der Waals surface area contributed by atoms with Crippen molar-refractivity contribution in [1.82, 2.24) is 25.5 Å². The van der Waals surface area contributed by atoms with Gasteiger partial charge in [0.2, 0.25) is 5.82 Å². The van der Waals surface area contributed by atoms with Gasteiger partial charge in [-0.2, -0.15) is 10.5 Å². The zero-order valence-electron chi connectivity index (χ0n) is 15.6. The van der Waals surface area contributed by atoms with Crippen molar-refractivity contribution in [3.8, 4) is 6.07 Å². The Balaban J connectivity index is 1.64. The van der Waals surface area contributed by atoms with Crippen LogP contribution in [0.15, 0.2) is 24.4 Å². The monoisotopic (exact) mass is 378 g/mol. The number of tetrazole rings is 1. The van der Waals surface area contributed by atoms with Gasteiger partial charge in [0.05, 0.1) is 11.4 Å². The van der Waals surface area contributed by atoms with E-state index in [1.807, 2.05) is 23.1 Å². The number of hydrogen-bond donors (Lipinski definition) is 2. The molecule has 0 bridgehead atoms. The van der Waals surface area contributed by atoms with Crippen LogP contribution < -0.4 is 10.2 Å². The van der Waals surface area contributed by atoms with E-state index in [0.717, 1.165) is 63.2 Å². The van der Waals surface area contributed by atoms with Gasteiger partial charge in [0, 0.05) is 37.9 Å². The van der Waals surface area contributed by atoms with Crippen molar-refractivity contribution in [3.05, 3.63) is 35.8 Å². The van der Waals surface area contributed by atoms with Crippen molar-refractivity contribution in [2.24, 2.45) is 0 Å². The lowest BCUT2D eigenvalue weighted by Crippen LogP contribution is -2.28. The van der Waals surface area contributed by atoms with Gasteiger partial charge in [-0.05, 0) is 49.1 Å². The number of amides is 1. The molecule has 1 aromatic carbocycles. The van der Waals surface area contributed by atoms with Crippen LogP contribution in [0.2, 0.25) is 0 Å². The molecule has 3 heterocycles. The lowest BCUT2D eigenvalue weighted by atomic mass is 10.1. The molecule has 0 atom stereocenters. The fourth-order valence-corrected chi connectivity index (χ4v) is 3.69. The Kier molecular flexibility index (Phi) is 5.19. The summed E-state index contributed by atoms with van der Waals surface area (Å²) < 4.78 is 0. The largest absolute Gasteiger partial charge is 0.370 e. The Morgan fingerprint density at radius 1 is 1.18 bits per heavy atom. The third-order valence-electron chi connectivity index (χ3n) is 5.16. The highest BCUT2D eigenvalue weighted by molar-refractivity contribution is 5.97. The number of aromatic nitrogens is 4. The summed E-state index contributed by atoms with van der Waals surface area (Å²) in [4.78, 5) is 17.0. The first-order chi connectivity index (χ1) is 13.8. The molecule has 28 heavy (non-hydrogen) atoms. The van der Waals surface area contributed by atoms with Gasteiger partial charge in [0.1, 0.15) is 11.6 Å². The second kappa shape index (κ2) is 8.08. The van der Waals surface area contributed by atoms with Crippen LogP contribution in [0.4, 0.5) is 11.4 Å². The highest BCUT2D eigenvalue weighted by Crippen LogP contribution is 2.31. The smallest absolute Gasteiger partial charge is 0.253 e. The number of nitrogens with one attached hydrogen (secondary N) is 2. The van der Waals surface area contributed by atoms with Gasteiger partial charge >= 0.3 is 0 Å². The number of carbonyl (C=O) groups excluding carboxylic acids is 1. The molecule has 4 rings (SSSR count). The Morgan fingerprint density at radius 2 is 1.93 bits per heavy atom. The second-order valence-corrected chi connectivity index (χ2v) is 6.97. The minimum atomic E-state index is 0.0520. The Labute approximate surface area is 163 Å². The summed E-state index contributed by atoms with van der Waals surface area (Å²) >= 11 is 0. The van der Waals surface area contributed by atoms with Gasteiger partial charge in [-0.25, -0.2) is 0 Å². The third kappa shape index (κ3) is 3.67. The SMILES string of the molecule is N#CC(=CNc1cc(C(=O)N2CCCC2)ccc1N1CCCC1)c1nn[nH]n1. The molecule has 0 aliphatic carbocycles. The minimum Gasteiger partial charge on any atom is -0.370 e. The molecule has 0 spiro atoms. The van der Waals surface area contributed by atoms with Crippen LogP contribution in [0.5, 0.6) is 0 Å². The van der Waals surface area contributed by atoms with Crippen LogP contribution >= 0.6 is 0 Å². The minimum absolute atomic E-state index is 0.0520. The van der Waals surface area contributed by atoms with Crippen molar-refractivity contribution in [2.45, 2.75) is 25.7 Å². The Morgan fingerprint density at radius 3 is 2.61 bits per heavy atom. The molecule has 2 saturated heterocycles. The van der Waals surface area contributed by atoms with E-state index in [2.05, 4.69) is 36.9 Å². The molecule has 0 radical (unpaired) electrons. The number of nitrogens with zero attached hydrogens (tertiary/aromatic N) is 6.